The van der Waals surface area contributed by atoms with Gasteiger partial charge < -0.3 is 9.64 Å². The number of carbonyl (C=O) groups excluding carboxylic acids is 2. The van der Waals surface area contributed by atoms with Crippen LogP contribution in [0.25, 0.3) is 0 Å². The lowest BCUT2D eigenvalue weighted by molar-refractivity contribution is -0.171. The summed E-state index contributed by atoms with van der Waals surface area (Å²) in [5.74, 6) is -2.04. The fraction of sp³-hybridized carbons (Fsp3) is 0.429. The summed E-state index contributed by atoms with van der Waals surface area (Å²) in [5, 5.41) is 0. The summed E-state index contributed by atoms with van der Waals surface area (Å²) in [6, 6.07) is 6.01. The van der Waals surface area contributed by atoms with Crippen LogP contribution in [0.1, 0.15) is 23.7 Å². The third kappa shape index (κ3) is 5.09. The quantitative estimate of drug-likeness (QED) is 0.811. The third-order valence-electron chi connectivity index (χ3n) is 2.62. The Hall–Kier alpha value is -2.05. The molecule has 0 aliphatic heterocycles. The molecule has 7 heteroatoms. The van der Waals surface area contributed by atoms with Crippen LogP contribution in [0.3, 0.4) is 0 Å². The standard InChI is InChI=1S/C14H16F3NO3/c1-3-8-21-11-6-4-10(5-7-11)13(20)18(2)9-12(19)14(15,16)17/h4-7H,3,8-9H2,1-2H3. The minimum Gasteiger partial charge on any atom is -0.494 e. The molecule has 1 amide bonds. The molecule has 0 heterocycles. The summed E-state index contributed by atoms with van der Waals surface area (Å²) >= 11 is 0. The fourth-order valence-corrected chi connectivity index (χ4v) is 1.51. The number of hydrogen-bond donors (Lipinski definition) is 0. The molecule has 1 aromatic rings. The molecule has 116 valence electrons. The molecule has 0 saturated heterocycles. The molecular weight excluding hydrogens is 287 g/mol. The van der Waals surface area contributed by atoms with E-state index in [1.54, 1.807) is 12.1 Å². The maximum absolute atomic E-state index is 12.1. The largest absolute Gasteiger partial charge is 0.494 e. The van der Waals surface area contributed by atoms with Crippen LogP contribution < -0.4 is 4.74 Å². The molecule has 0 aromatic heterocycles. The molecule has 1 rings (SSSR count). The monoisotopic (exact) mass is 303 g/mol. The van der Waals surface area contributed by atoms with Gasteiger partial charge in [-0.05, 0) is 30.7 Å². The number of likely N-dealkylation sites (N-methyl/N-ethyl adjacent to an activating group) is 1. The number of ketones is 1. The van der Waals surface area contributed by atoms with E-state index in [9.17, 15) is 22.8 Å². The molecule has 0 fully saturated rings. The van der Waals surface area contributed by atoms with Crippen LogP contribution in [-0.4, -0.2) is 43.0 Å². The average Bonchev–Trinajstić information content (AvgIpc) is 2.43. The van der Waals surface area contributed by atoms with Gasteiger partial charge in [-0.2, -0.15) is 13.2 Å². The van der Waals surface area contributed by atoms with Crippen molar-refractivity contribution in [3.8, 4) is 5.75 Å². The number of nitrogens with zero attached hydrogens (tertiary/aromatic N) is 1. The van der Waals surface area contributed by atoms with Crippen molar-refractivity contribution in [2.24, 2.45) is 0 Å². The summed E-state index contributed by atoms with van der Waals surface area (Å²) in [6.07, 6.45) is -4.10. The van der Waals surface area contributed by atoms with Crippen molar-refractivity contribution >= 4 is 11.7 Å². The second kappa shape index (κ2) is 7.10. The minimum absolute atomic E-state index is 0.191. The van der Waals surface area contributed by atoms with Crippen molar-refractivity contribution in [2.45, 2.75) is 19.5 Å². The first-order valence-corrected chi connectivity index (χ1v) is 6.34. The maximum Gasteiger partial charge on any atom is 0.451 e. The maximum atomic E-state index is 12.1. The van der Waals surface area contributed by atoms with Crippen molar-refractivity contribution in [2.75, 3.05) is 20.2 Å². The molecule has 0 bridgehead atoms. The van der Waals surface area contributed by atoms with Gasteiger partial charge in [0.15, 0.2) is 0 Å². The Morgan fingerprint density at radius 3 is 2.24 bits per heavy atom. The predicted molar refractivity (Wildman–Crippen MR) is 70.3 cm³/mol. The van der Waals surface area contributed by atoms with E-state index in [0.717, 1.165) is 18.4 Å². The van der Waals surface area contributed by atoms with Gasteiger partial charge in [-0.1, -0.05) is 6.92 Å². The van der Waals surface area contributed by atoms with Crippen molar-refractivity contribution < 1.29 is 27.5 Å². The first-order chi connectivity index (χ1) is 9.75. The summed E-state index contributed by atoms with van der Waals surface area (Å²) in [6.45, 7) is 1.48. The molecular formula is C14H16F3NO3. The van der Waals surface area contributed by atoms with E-state index >= 15 is 0 Å². The lowest BCUT2D eigenvalue weighted by atomic mass is 10.2. The highest BCUT2D eigenvalue weighted by molar-refractivity contribution is 5.97. The lowest BCUT2D eigenvalue weighted by Crippen LogP contribution is -2.38. The van der Waals surface area contributed by atoms with Crippen LogP contribution in [0.5, 0.6) is 5.75 Å². The summed E-state index contributed by atoms with van der Waals surface area (Å²) in [4.78, 5) is 23.5. The van der Waals surface area contributed by atoms with Crippen LogP contribution in [-0.2, 0) is 4.79 Å². The van der Waals surface area contributed by atoms with Crippen LogP contribution in [0.2, 0.25) is 0 Å². The number of ether oxygens (including phenoxy) is 1. The minimum atomic E-state index is -4.94. The Labute approximate surface area is 120 Å². The SMILES string of the molecule is CCCOc1ccc(C(=O)N(C)CC(=O)C(F)(F)F)cc1. The fourth-order valence-electron chi connectivity index (χ4n) is 1.51. The van der Waals surface area contributed by atoms with Crippen LogP contribution in [0.15, 0.2) is 24.3 Å². The molecule has 0 unspecified atom stereocenters. The Bertz CT molecular complexity index is 497. The zero-order valence-corrected chi connectivity index (χ0v) is 11.7. The Morgan fingerprint density at radius 2 is 1.76 bits per heavy atom. The van der Waals surface area contributed by atoms with Crippen molar-refractivity contribution in [3.63, 3.8) is 0 Å². The number of hydrogen-bond acceptors (Lipinski definition) is 3. The first-order valence-electron chi connectivity index (χ1n) is 6.34. The number of carbonyl (C=O) groups is 2. The van der Waals surface area contributed by atoms with E-state index in [-0.39, 0.29) is 5.56 Å². The van der Waals surface area contributed by atoms with Gasteiger partial charge in [-0.3, -0.25) is 9.59 Å². The highest BCUT2D eigenvalue weighted by atomic mass is 19.4. The first kappa shape index (κ1) is 17.0. The Kier molecular flexibility index (Phi) is 5.75. The van der Waals surface area contributed by atoms with E-state index < -0.39 is 24.4 Å². The van der Waals surface area contributed by atoms with Crippen molar-refractivity contribution in [3.05, 3.63) is 29.8 Å². The average molecular weight is 303 g/mol. The van der Waals surface area contributed by atoms with Gasteiger partial charge in [0.1, 0.15) is 5.75 Å². The van der Waals surface area contributed by atoms with E-state index in [2.05, 4.69) is 0 Å². The van der Waals surface area contributed by atoms with E-state index in [1.165, 1.54) is 12.1 Å². The summed E-state index contributed by atoms with van der Waals surface area (Å²) in [7, 11) is 1.15. The van der Waals surface area contributed by atoms with E-state index in [1.807, 2.05) is 6.92 Å². The number of alkyl halides is 3. The normalized spacial score (nSPS) is 11.1. The Morgan fingerprint density at radius 1 is 1.19 bits per heavy atom. The number of benzene rings is 1. The zero-order valence-electron chi connectivity index (χ0n) is 11.7. The molecule has 21 heavy (non-hydrogen) atoms. The molecule has 0 radical (unpaired) electrons. The molecule has 0 atom stereocenters. The van der Waals surface area contributed by atoms with Crippen LogP contribution >= 0.6 is 0 Å². The Balaban J connectivity index is 2.68. The predicted octanol–water partition coefficient (Wildman–Crippen LogP) is 2.68. The van der Waals surface area contributed by atoms with E-state index in [4.69, 9.17) is 4.74 Å². The van der Waals surface area contributed by atoms with Gasteiger partial charge in [0.05, 0.1) is 13.2 Å². The molecule has 1 aromatic carbocycles. The van der Waals surface area contributed by atoms with Gasteiger partial charge in [-0.15, -0.1) is 0 Å². The van der Waals surface area contributed by atoms with Gasteiger partial charge in [0, 0.05) is 12.6 Å². The molecule has 0 spiro atoms. The molecule has 0 saturated carbocycles. The highest BCUT2D eigenvalue weighted by Gasteiger charge is 2.39. The number of rotatable bonds is 6. The molecule has 0 aliphatic rings. The van der Waals surface area contributed by atoms with Crippen molar-refractivity contribution in [1.29, 1.82) is 0 Å². The summed E-state index contributed by atoms with van der Waals surface area (Å²) < 4.78 is 41.8. The number of Topliss-reactive ketones (excluding diaryl/α,β-unsaturated/α-hetero) is 1. The molecule has 0 aliphatic carbocycles. The smallest absolute Gasteiger partial charge is 0.451 e. The van der Waals surface area contributed by atoms with Crippen LogP contribution in [0.4, 0.5) is 13.2 Å². The van der Waals surface area contributed by atoms with Crippen molar-refractivity contribution in [1.82, 2.24) is 4.90 Å². The molecule has 0 N–H and O–H groups in total. The van der Waals surface area contributed by atoms with E-state index in [0.29, 0.717) is 12.4 Å². The highest BCUT2D eigenvalue weighted by Crippen LogP contribution is 2.17. The molecule has 4 nitrogen and oxygen atoms in total. The van der Waals surface area contributed by atoms with Gasteiger partial charge in [-0.25, -0.2) is 0 Å². The summed E-state index contributed by atoms with van der Waals surface area (Å²) in [5.41, 5.74) is 0.191. The topological polar surface area (TPSA) is 46.6 Å². The lowest BCUT2D eigenvalue weighted by Gasteiger charge is -2.17. The second-order valence-electron chi connectivity index (χ2n) is 4.45. The zero-order chi connectivity index (χ0) is 16.0. The number of amides is 1. The van der Waals surface area contributed by atoms with Gasteiger partial charge in [0.25, 0.3) is 11.7 Å². The second-order valence-corrected chi connectivity index (χ2v) is 4.45. The van der Waals surface area contributed by atoms with Gasteiger partial charge >= 0.3 is 6.18 Å². The number of halogens is 3. The third-order valence-corrected chi connectivity index (χ3v) is 2.62. The van der Waals surface area contributed by atoms with Crippen LogP contribution in [0, 0.1) is 0 Å². The van der Waals surface area contributed by atoms with Gasteiger partial charge in [0.2, 0.25) is 0 Å².